The van der Waals surface area contributed by atoms with E-state index in [9.17, 15) is 66.6 Å². The molecule has 0 aliphatic rings. The summed E-state index contributed by atoms with van der Waals surface area (Å²) < 4.78 is 164. The third-order valence-electron chi connectivity index (χ3n) is 3.94. The summed E-state index contributed by atoms with van der Waals surface area (Å²) in [7, 11) is -2.22. The molecule has 22 heteroatoms. The lowest BCUT2D eigenvalue weighted by molar-refractivity contribution is -0.486. The van der Waals surface area contributed by atoms with Crippen LogP contribution in [-0.4, -0.2) is 61.9 Å². The maximum absolute atomic E-state index is 12.6. The van der Waals surface area contributed by atoms with Crippen molar-refractivity contribution in [1.29, 1.82) is 0 Å². The highest BCUT2D eigenvalue weighted by molar-refractivity contribution is 7.92. The number of carboxylic acid groups (broad SMARTS) is 1. The van der Waals surface area contributed by atoms with E-state index < -0.39 is 46.2 Å². The SMILES string of the molecule is COc1ccc(NS(=O)(=O)c2ccc([NH3+])cc2)nn1.O=C([O-])C(F)(OC(F)(F)C(F)(F)C(F)(F)F)C(F)(F)F. The van der Waals surface area contributed by atoms with Crippen molar-refractivity contribution in [2.45, 2.75) is 35.1 Å². The monoisotopic (exact) mass is 610 g/mol. The van der Waals surface area contributed by atoms with Crippen molar-refractivity contribution < 1.29 is 81.8 Å². The Kier molecular flexibility index (Phi) is 9.70. The maximum Gasteiger partial charge on any atom is 0.462 e. The predicted molar refractivity (Wildman–Crippen MR) is 100 cm³/mol. The van der Waals surface area contributed by atoms with E-state index in [1.54, 1.807) is 16.9 Å². The Morgan fingerprint density at radius 2 is 1.38 bits per heavy atom. The van der Waals surface area contributed by atoms with Crippen LogP contribution >= 0.6 is 0 Å². The maximum atomic E-state index is 12.6. The Hall–Kier alpha value is -3.53. The van der Waals surface area contributed by atoms with Gasteiger partial charge in [0.1, 0.15) is 11.7 Å². The van der Waals surface area contributed by atoms with Gasteiger partial charge in [-0.15, -0.1) is 10.2 Å². The third kappa shape index (κ3) is 7.75. The molecule has 0 spiro atoms. The van der Waals surface area contributed by atoms with Gasteiger partial charge in [-0.25, -0.2) is 8.42 Å². The normalized spacial score (nSPS) is 14.5. The smallest absolute Gasteiger partial charge is 0.462 e. The number of methoxy groups -OCH3 is 1. The van der Waals surface area contributed by atoms with Gasteiger partial charge in [0.05, 0.1) is 12.0 Å². The second-order valence-corrected chi connectivity index (χ2v) is 8.46. The molecule has 1 atom stereocenters. The average Bonchev–Trinajstić information content (AvgIpc) is 2.78. The number of benzene rings is 1. The average molecular weight is 610 g/mol. The summed E-state index contributed by atoms with van der Waals surface area (Å²) in [6, 6.07) is 9.18. The van der Waals surface area contributed by atoms with Gasteiger partial charge in [-0.05, 0) is 18.2 Å². The lowest BCUT2D eigenvalue weighted by Gasteiger charge is -2.35. The van der Waals surface area contributed by atoms with Crippen molar-refractivity contribution in [3.05, 3.63) is 36.4 Å². The number of rotatable bonds is 8. The van der Waals surface area contributed by atoms with Crippen LogP contribution in [0.1, 0.15) is 0 Å². The van der Waals surface area contributed by atoms with Gasteiger partial charge in [-0.2, -0.15) is 48.3 Å². The highest BCUT2D eigenvalue weighted by Gasteiger charge is 2.78. The molecule has 1 unspecified atom stereocenters. The van der Waals surface area contributed by atoms with Crippen molar-refractivity contribution in [2.75, 3.05) is 11.8 Å². The number of hydrogen-bond donors (Lipinski definition) is 2. The number of aromatic nitrogens is 2. The number of aliphatic carboxylic acids is 1. The molecule has 1 heterocycles. The molecule has 0 bridgehead atoms. The van der Waals surface area contributed by atoms with Crippen LogP contribution in [0.5, 0.6) is 5.88 Å². The summed E-state index contributed by atoms with van der Waals surface area (Å²) in [5, 5.41) is 17.1. The van der Waals surface area contributed by atoms with Crippen molar-refractivity contribution in [3.8, 4) is 5.88 Å². The molecule has 1 aromatic carbocycles. The number of ether oxygens (including phenoxy) is 2. The van der Waals surface area contributed by atoms with E-state index in [0.717, 1.165) is 5.69 Å². The molecule has 4 N–H and O–H groups in total. The molecule has 0 amide bonds. The van der Waals surface area contributed by atoms with E-state index in [1.807, 2.05) is 0 Å². The number of carboxylic acids is 1. The van der Waals surface area contributed by atoms with Crippen LogP contribution in [0.3, 0.4) is 0 Å². The van der Waals surface area contributed by atoms with Crippen molar-refractivity contribution >= 4 is 27.5 Å². The fraction of sp³-hybridized carbons (Fsp3) is 0.353. The van der Waals surface area contributed by atoms with Gasteiger partial charge in [0.25, 0.3) is 10.0 Å². The van der Waals surface area contributed by atoms with Crippen LogP contribution in [0.4, 0.5) is 59.8 Å². The number of quaternary nitrogens is 1. The lowest BCUT2D eigenvalue weighted by Crippen LogP contribution is -2.64. The van der Waals surface area contributed by atoms with Gasteiger partial charge >= 0.3 is 30.2 Å². The first-order valence-corrected chi connectivity index (χ1v) is 10.7. The van der Waals surface area contributed by atoms with E-state index in [0.29, 0.717) is 5.88 Å². The molecule has 1 aromatic heterocycles. The van der Waals surface area contributed by atoms with E-state index >= 15 is 0 Å². The van der Waals surface area contributed by atoms with Crippen LogP contribution in [0, 0.1) is 0 Å². The Labute approximate surface area is 209 Å². The molecule has 0 aliphatic heterocycles. The van der Waals surface area contributed by atoms with Crippen LogP contribution in [-0.2, 0) is 19.6 Å². The van der Waals surface area contributed by atoms with Crippen LogP contribution in [0.15, 0.2) is 41.3 Å². The zero-order valence-corrected chi connectivity index (χ0v) is 19.4. The molecule has 2 rings (SSSR count). The minimum atomic E-state index is -7.29. The number of carbonyl (C=O) groups is 1. The first-order chi connectivity index (χ1) is 17.4. The van der Waals surface area contributed by atoms with E-state index in [1.165, 1.54) is 31.4 Å². The summed E-state index contributed by atoms with van der Waals surface area (Å²) in [5.41, 5.74) is 4.43. The number of anilines is 1. The molecule has 39 heavy (non-hydrogen) atoms. The minimum absolute atomic E-state index is 0.125. The number of alkyl halides is 11. The van der Waals surface area contributed by atoms with Crippen molar-refractivity contribution in [1.82, 2.24) is 10.2 Å². The van der Waals surface area contributed by atoms with Gasteiger partial charge in [0.2, 0.25) is 5.88 Å². The lowest BCUT2D eigenvalue weighted by atomic mass is 10.2. The predicted octanol–water partition coefficient (Wildman–Crippen LogP) is 1.93. The largest absolute Gasteiger partial charge is 0.544 e. The topological polar surface area (TPSA) is 158 Å². The zero-order valence-electron chi connectivity index (χ0n) is 18.6. The number of nitrogens with one attached hydrogen (secondary N) is 1. The highest BCUT2D eigenvalue weighted by Crippen LogP contribution is 2.50. The molecule has 2 aromatic rings. The van der Waals surface area contributed by atoms with Gasteiger partial charge in [0, 0.05) is 18.2 Å². The fourth-order valence-corrected chi connectivity index (χ4v) is 2.97. The van der Waals surface area contributed by atoms with Gasteiger partial charge in [0.15, 0.2) is 5.82 Å². The Bertz CT molecular complexity index is 1240. The molecular weight excluding hydrogens is 597 g/mol. The second kappa shape index (κ2) is 11.3. The molecule has 0 saturated carbocycles. The summed E-state index contributed by atoms with van der Waals surface area (Å²) in [6.07, 6.45) is -21.2. The van der Waals surface area contributed by atoms with Crippen LogP contribution in [0.25, 0.3) is 0 Å². The third-order valence-corrected chi connectivity index (χ3v) is 5.31. The number of halogens is 11. The molecule has 10 nitrogen and oxygen atoms in total. The standard InChI is InChI=1S/C11H12N4O3S.C6HF11O3/c1-18-11-7-6-10(13-14-11)15-19(16,17)9-4-2-8(12)3-5-9;7-2(1(18)19,4(10,11)12)20-6(16,17)3(8,9)5(13,14)15/h2-7H,12H2,1H3,(H,13,15);(H,18,19). The van der Waals surface area contributed by atoms with Gasteiger partial charge in [-0.1, -0.05) is 0 Å². The number of hydrogen-bond acceptors (Lipinski definition) is 8. The Morgan fingerprint density at radius 3 is 1.74 bits per heavy atom. The molecule has 0 aliphatic carbocycles. The molecular formula is C17H13F11N4O6S. The van der Waals surface area contributed by atoms with Crippen LogP contribution in [0.2, 0.25) is 0 Å². The number of nitrogens with zero attached hydrogens (tertiary/aromatic N) is 2. The molecule has 220 valence electrons. The quantitative estimate of drug-likeness (QED) is 0.430. The highest BCUT2D eigenvalue weighted by atomic mass is 32.2. The first-order valence-electron chi connectivity index (χ1n) is 9.23. The summed E-state index contributed by atoms with van der Waals surface area (Å²) in [5.74, 6) is -17.6. The van der Waals surface area contributed by atoms with Crippen LogP contribution < -0.4 is 20.3 Å². The minimum Gasteiger partial charge on any atom is -0.544 e. The second-order valence-electron chi connectivity index (χ2n) is 6.78. The zero-order chi connectivity index (χ0) is 30.7. The Balaban J connectivity index is 0.000000390. The van der Waals surface area contributed by atoms with Gasteiger partial charge in [-0.3, -0.25) is 9.46 Å². The summed E-state index contributed by atoms with van der Waals surface area (Å²) in [6.45, 7) is 0. The van der Waals surface area contributed by atoms with E-state index in [4.69, 9.17) is 4.74 Å². The fourth-order valence-electron chi connectivity index (χ4n) is 1.97. The molecule has 0 radical (unpaired) electrons. The Morgan fingerprint density at radius 1 is 0.872 bits per heavy atom. The van der Waals surface area contributed by atoms with E-state index in [-0.39, 0.29) is 10.7 Å². The molecule has 0 saturated heterocycles. The van der Waals surface area contributed by atoms with Crippen molar-refractivity contribution in [3.63, 3.8) is 0 Å². The van der Waals surface area contributed by atoms with Crippen molar-refractivity contribution in [2.24, 2.45) is 0 Å². The number of sulfonamides is 1. The molecule has 0 fully saturated rings. The first kappa shape index (κ1) is 33.5. The number of carbonyl (C=O) groups excluding carboxylic acids is 1. The van der Waals surface area contributed by atoms with E-state index in [2.05, 4.69) is 20.7 Å². The summed E-state index contributed by atoms with van der Waals surface area (Å²) >= 11 is 0. The van der Waals surface area contributed by atoms with Gasteiger partial charge < -0.3 is 20.4 Å². The summed E-state index contributed by atoms with van der Waals surface area (Å²) in [4.78, 5) is 9.87.